The van der Waals surface area contributed by atoms with Crippen molar-refractivity contribution in [2.45, 2.75) is 31.7 Å². The van der Waals surface area contributed by atoms with Gasteiger partial charge in [0, 0.05) is 26.6 Å². The van der Waals surface area contributed by atoms with Crippen molar-refractivity contribution in [2.75, 3.05) is 20.1 Å². The summed E-state index contributed by atoms with van der Waals surface area (Å²) < 4.78 is 0. The summed E-state index contributed by atoms with van der Waals surface area (Å²) in [5.41, 5.74) is 3.02. The summed E-state index contributed by atoms with van der Waals surface area (Å²) in [4.78, 5) is 44.3. The van der Waals surface area contributed by atoms with Gasteiger partial charge in [0.15, 0.2) is 0 Å². The van der Waals surface area contributed by atoms with Gasteiger partial charge in [-0.15, -0.1) is 0 Å². The van der Waals surface area contributed by atoms with Gasteiger partial charge in [-0.3, -0.25) is 14.6 Å². The van der Waals surface area contributed by atoms with Gasteiger partial charge in [0.25, 0.3) is 0 Å². The Kier molecular flexibility index (Phi) is 7.39. The lowest BCUT2D eigenvalue weighted by Gasteiger charge is -2.46. The molecule has 0 unspecified atom stereocenters. The van der Waals surface area contributed by atoms with E-state index in [-0.39, 0.29) is 24.4 Å². The molecule has 2 aliphatic rings. The summed E-state index contributed by atoms with van der Waals surface area (Å²) in [5.74, 6) is -0.235. The lowest BCUT2D eigenvalue weighted by atomic mass is 9.99. The van der Waals surface area contributed by atoms with Crippen molar-refractivity contribution in [3.05, 3.63) is 120 Å². The number of benzene rings is 4. The summed E-state index contributed by atoms with van der Waals surface area (Å²) in [5, 5.41) is 8.43. The van der Waals surface area contributed by atoms with Gasteiger partial charge in [-0.2, -0.15) is 5.01 Å². The van der Waals surface area contributed by atoms with Crippen LogP contribution in [0, 0.1) is 0 Å². The lowest BCUT2D eigenvalue weighted by molar-refractivity contribution is -0.157. The third-order valence-corrected chi connectivity index (χ3v) is 8.05. The molecule has 8 heteroatoms. The molecule has 0 aromatic heterocycles. The molecule has 0 saturated carbocycles. The average Bonchev–Trinajstić information content (AvgIpc) is 3.34. The Morgan fingerprint density at radius 2 is 1.51 bits per heavy atom. The minimum atomic E-state index is -0.663. The van der Waals surface area contributed by atoms with Crippen LogP contribution in [-0.2, 0) is 29.1 Å². The molecule has 2 saturated heterocycles. The summed E-state index contributed by atoms with van der Waals surface area (Å²) in [7, 11) is 1.68. The Bertz CT molecular complexity index is 1560. The van der Waals surface area contributed by atoms with Gasteiger partial charge < -0.3 is 15.1 Å². The maximum Gasteiger partial charge on any atom is 0.332 e. The highest BCUT2D eigenvalue weighted by atomic mass is 16.2. The highest BCUT2D eigenvalue weighted by molar-refractivity contribution is 5.92. The van der Waals surface area contributed by atoms with Crippen LogP contribution in [-0.4, -0.2) is 70.0 Å². The Morgan fingerprint density at radius 1 is 0.854 bits per heavy atom. The van der Waals surface area contributed by atoms with E-state index in [0.717, 1.165) is 27.5 Å². The number of hydrogen-bond donors (Lipinski definition) is 1. The zero-order valence-electron chi connectivity index (χ0n) is 23.0. The number of urea groups is 1. The van der Waals surface area contributed by atoms with Crippen molar-refractivity contribution >= 4 is 28.6 Å². The second-order valence-corrected chi connectivity index (χ2v) is 10.6. The molecule has 0 spiro atoms. The van der Waals surface area contributed by atoms with Crippen molar-refractivity contribution in [3.8, 4) is 0 Å². The molecule has 4 aromatic carbocycles. The second kappa shape index (κ2) is 11.4. The minimum Gasteiger partial charge on any atom is -0.333 e. The number of hydrogen-bond acceptors (Lipinski definition) is 4. The van der Waals surface area contributed by atoms with E-state index in [9.17, 15) is 14.4 Å². The van der Waals surface area contributed by atoms with Crippen molar-refractivity contribution in [3.63, 3.8) is 0 Å². The monoisotopic (exact) mass is 547 g/mol. The van der Waals surface area contributed by atoms with Crippen molar-refractivity contribution in [1.29, 1.82) is 0 Å². The van der Waals surface area contributed by atoms with Gasteiger partial charge in [0.1, 0.15) is 12.2 Å². The van der Waals surface area contributed by atoms with E-state index in [1.54, 1.807) is 17.0 Å². The average molecular weight is 548 g/mol. The van der Waals surface area contributed by atoms with Crippen molar-refractivity contribution in [1.82, 2.24) is 25.1 Å². The molecule has 0 bridgehead atoms. The fraction of sp³-hybridized carbons (Fsp3) is 0.242. The molecule has 208 valence electrons. The first-order chi connectivity index (χ1) is 20.0. The van der Waals surface area contributed by atoms with Crippen molar-refractivity contribution in [2.24, 2.45) is 0 Å². The molecule has 2 aliphatic heterocycles. The molecule has 0 radical (unpaired) electrons. The molecule has 41 heavy (non-hydrogen) atoms. The van der Waals surface area contributed by atoms with E-state index < -0.39 is 12.2 Å². The highest BCUT2D eigenvalue weighted by Crippen LogP contribution is 2.31. The molecule has 8 nitrogen and oxygen atoms in total. The van der Waals surface area contributed by atoms with Crippen LogP contribution in [0.5, 0.6) is 0 Å². The Hall–Kier alpha value is -4.69. The number of piperazine rings is 1. The topological polar surface area (TPSA) is 76.2 Å². The van der Waals surface area contributed by atoms with E-state index in [2.05, 4.69) is 29.6 Å². The molecule has 2 atom stereocenters. The number of fused-ring (bicyclic) bond motifs is 2. The lowest BCUT2D eigenvalue weighted by Crippen LogP contribution is -2.65. The Morgan fingerprint density at radius 3 is 2.27 bits per heavy atom. The Labute approximate surface area is 239 Å². The number of carbonyl (C=O) groups excluding carboxylic acids is 3. The fourth-order valence-corrected chi connectivity index (χ4v) is 5.93. The predicted molar refractivity (Wildman–Crippen MR) is 157 cm³/mol. The van der Waals surface area contributed by atoms with Crippen LogP contribution in [0.25, 0.3) is 10.8 Å². The first kappa shape index (κ1) is 26.5. The van der Waals surface area contributed by atoms with Crippen LogP contribution >= 0.6 is 0 Å². The van der Waals surface area contributed by atoms with Gasteiger partial charge in [0.2, 0.25) is 11.8 Å². The third-order valence-electron chi connectivity index (χ3n) is 8.05. The first-order valence-corrected chi connectivity index (χ1v) is 13.9. The molecular formula is C33H33N5O3. The summed E-state index contributed by atoms with van der Waals surface area (Å²) in [6.45, 7) is 1.13. The Balaban J connectivity index is 1.28. The van der Waals surface area contributed by atoms with Crippen LogP contribution in [0.1, 0.15) is 16.7 Å². The molecule has 1 N–H and O–H groups in total. The third kappa shape index (κ3) is 5.38. The van der Waals surface area contributed by atoms with Gasteiger partial charge in [0.05, 0.1) is 13.1 Å². The van der Waals surface area contributed by atoms with Crippen LogP contribution in [0.4, 0.5) is 4.79 Å². The maximum atomic E-state index is 14.0. The largest absolute Gasteiger partial charge is 0.333 e. The molecule has 2 heterocycles. The van der Waals surface area contributed by atoms with E-state index >= 15 is 0 Å². The molecule has 0 aliphatic carbocycles. The zero-order chi connectivity index (χ0) is 28.3. The van der Waals surface area contributed by atoms with E-state index in [4.69, 9.17) is 0 Å². The molecule has 6 rings (SSSR count). The molecule has 2 fully saturated rings. The van der Waals surface area contributed by atoms with Gasteiger partial charge in [-0.25, -0.2) is 4.79 Å². The van der Waals surface area contributed by atoms with Crippen molar-refractivity contribution < 1.29 is 14.4 Å². The summed E-state index contributed by atoms with van der Waals surface area (Å²) in [6, 6.07) is 32.8. The smallest absolute Gasteiger partial charge is 0.332 e. The quantitative estimate of drug-likeness (QED) is 0.379. The highest BCUT2D eigenvalue weighted by Gasteiger charge is 2.51. The van der Waals surface area contributed by atoms with Crippen LogP contribution in [0.3, 0.4) is 0 Å². The SMILES string of the molecule is CN(C(=O)NCc1ccccc1)N1CC(=O)N2[C@@H](Cc3ccccc3)C(=O)N(Cc3cccc4ccccc34)C[C@@H]21. The molecular weight excluding hydrogens is 514 g/mol. The number of nitrogens with zero attached hydrogens (tertiary/aromatic N) is 4. The fourth-order valence-electron chi connectivity index (χ4n) is 5.93. The number of rotatable bonds is 7. The zero-order valence-corrected chi connectivity index (χ0v) is 23.0. The van der Waals surface area contributed by atoms with Crippen LogP contribution in [0.15, 0.2) is 103 Å². The number of hydrazine groups is 1. The number of carbonyl (C=O) groups is 3. The van der Waals surface area contributed by atoms with Crippen LogP contribution in [0.2, 0.25) is 0 Å². The van der Waals surface area contributed by atoms with E-state index in [1.807, 2.05) is 83.8 Å². The summed E-state index contributed by atoms with van der Waals surface area (Å²) >= 11 is 0. The van der Waals surface area contributed by atoms with Gasteiger partial charge >= 0.3 is 6.03 Å². The minimum absolute atomic E-state index is 0.0284. The standard InChI is InChI=1S/C33H33N5O3/c1-35(33(41)34-20-25-13-6-3-7-14-25)37-23-31(39)38-29(19-24-11-4-2-5-12-24)32(40)36(22-30(37)38)21-27-17-10-16-26-15-8-9-18-28(26)27/h2-18,29-30H,19-23H2,1H3,(H,34,41)/t29-,30+/m0/s1. The van der Waals surface area contributed by atoms with Crippen LogP contribution < -0.4 is 5.32 Å². The van der Waals surface area contributed by atoms with E-state index in [1.165, 1.54) is 5.01 Å². The second-order valence-electron chi connectivity index (χ2n) is 10.6. The molecule has 4 aromatic rings. The first-order valence-electron chi connectivity index (χ1n) is 13.9. The predicted octanol–water partition coefficient (Wildman–Crippen LogP) is 4.02. The maximum absolute atomic E-state index is 14.0. The van der Waals surface area contributed by atoms with Gasteiger partial charge in [-0.05, 0) is 27.5 Å². The van der Waals surface area contributed by atoms with E-state index in [0.29, 0.717) is 26.1 Å². The normalized spacial score (nSPS) is 19.0. The number of amides is 4. The number of nitrogens with one attached hydrogen (secondary N) is 1. The van der Waals surface area contributed by atoms with Gasteiger partial charge in [-0.1, -0.05) is 103 Å². The summed E-state index contributed by atoms with van der Waals surface area (Å²) in [6.07, 6.45) is -0.0533. The molecule has 4 amide bonds.